The minimum Gasteiger partial charge on any atom is -0.313 e. The van der Waals surface area contributed by atoms with Gasteiger partial charge in [0.05, 0.1) is 0 Å². The van der Waals surface area contributed by atoms with Gasteiger partial charge in [-0.3, -0.25) is 0 Å². The van der Waals surface area contributed by atoms with Crippen molar-refractivity contribution in [2.24, 2.45) is 0 Å². The molecule has 1 heterocycles. The first-order valence-electron chi connectivity index (χ1n) is 8.49. The van der Waals surface area contributed by atoms with E-state index in [1.807, 2.05) is 48.5 Å². The molecule has 0 radical (unpaired) electrons. The Bertz CT molecular complexity index is 838. The smallest absolute Gasteiger partial charge is 0.234 e. The Morgan fingerprint density at radius 2 is 1.50 bits per heavy atom. The van der Waals surface area contributed by atoms with Crippen molar-refractivity contribution in [3.63, 3.8) is 0 Å². The number of benzene rings is 2. The normalized spacial score (nSPS) is 10.7. The standard InChI is InChI=1S/C20H22N4S2/c1-4-15-10-12-16(13-11-15)14-26-20-22-18(21-19(23-20)25-3)24(2)17-8-6-5-7-9-17/h5-13H,4,14H2,1-3H3. The van der Waals surface area contributed by atoms with Crippen LogP contribution in [0.5, 0.6) is 0 Å². The second-order valence-electron chi connectivity index (χ2n) is 5.76. The van der Waals surface area contributed by atoms with Gasteiger partial charge in [0.25, 0.3) is 0 Å². The van der Waals surface area contributed by atoms with Crippen LogP contribution in [0.15, 0.2) is 64.9 Å². The summed E-state index contributed by atoms with van der Waals surface area (Å²) in [6.07, 6.45) is 3.05. The Morgan fingerprint density at radius 3 is 2.15 bits per heavy atom. The molecule has 0 fully saturated rings. The molecular formula is C20H22N4S2. The fourth-order valence-electron chi connectivity index (χ4n) is 2.42. The zero-order valence-corrected chi connectivity index (χ0v) is 16.8. The lowest BCUT2D eigenvalue weighted by molar-refractivity contribution is 0.791. The summed E-state index contributed by atoms with van der Waals surface area (Å²) in [5, 5.41) is 1.49. The van der Waals surface area contributed by atoms with Gasteiger partial charge < -0.3 is 4.90 Å². The summed E-state index contributed by atoms with van der Waals surface area (Å²) in [4.78, 5) is 15.8. The Labute approximate surface area is 163 Å². The molecule has 26 heavy (non-hydrogen) atoms. The minimum atomic E-state index is 0.666. The van der Waals surface area contributed by atoms with Gasteiger partial charge in [-0.25, -0.2) is 0 Å². The molecule has 3 aromatic rings. The lowest BCUT2D eigenvalue weighted by Gasteiger charge is -2.17. The molecule has 0 unspecified atom stereocenters. The highest BCUT2D eigenvalue weighted by Gasteiger charge is 2.12. The minimum absolute atomic E-state index is 0.666. The van der Waals surface area contributed by atoms with Crippen LogP contribution < -0.4 is 4.90 Å². The molecule has 0 aliphatic heterocycles. The Kier molecular flexibility index (Phi) is 6.52. The Balaban J connectivity index is 1.78. The first-order chi connectivity index (χ1) is 12.7. The van der Waals surface area contributed by atoms with E-state index in [4.69, 9.17) is 0 Å². The SMILES string of the molecule is CCc1ccc(CSc2nc(SC)nc(N(C)c3ccccc3)n2)cc1. The average molecular weight is 383 g/mol. The van der Waals surface area contributed by atoms with Crippen LogP contribution >= 0.6 is 23.5 Å². The van der Waals surface area contributed by atoms with Crippen LogP contribution in [0.3, 0.4) is 0 Å². The van der Waals surface area contributed by atoms with Crippen LogP contribution in [0.25, 0.3) is 0 Å². The van der Waals surface area contributed by atoms with E-state index in [0.29, 0.717) is 5.95 Å². The number of aromatic nitrogens is 3. The third kappa shape index (κ3) is 4.77. The van der Waals surface area contributed by atoms with E-state index in [2.05, 4.69) is 46.1 Å². The van der Waals surface area contributed by atoms with Gasteiger partial charge in [-0.15, -0.1) is 0 Å². The first kappa shape index (κ1) is 18.7. The molecule has 4 nitrogen and oxygen atoms in total. The van der Waals surface area contributed by atoms with Gasteiger partial charge >= 0.3 is 0 Å². The third-order valence-corrected chi connectivity index (χ3v) is 5.47. The highest BCUT2D eigenvalue weighted by atomic mass is 32.2. The summed E-state index contributed by atoms with van der Waals surface area (Å²) < 4.78 is 0. The maximum atomic E-state index is 4.66. The van der Waals surface area contributed by atoms with E-state index < -0.39 is 0 Å². The highest BCUT2D eigenvalue weighted by Crippen LogP contribution is 2.26. The van der Waals surface area contributed by atoms with Gasteiger partial charge in [-0.05, 0) is 35.9 Å². The third-order valence-electron chi connectivity index (χ3n) is 4.01. The summed E-state index contributed by atoms with van der Waals surface area (Å²) >= 11 is 3.18. The van der Waals surface area contributed by atoms with Crippen LogP contribution in [0.2, 0.25) is 0 Å². The van der Waals surface area contributed by atoms with Crippen LogP contribution in [-0.2, 0) is 12.2 Å². The zero-order valence-electron chi connectivity index (χ0n) is 15.2. The molecule has 0 saturated heterocycles. The van der Waals surface area contributed by atoms with Crippen molar-refractivity contribution < 1.29 is 0 Å². The lowest BCUT2D eigenvalue weighted by atomic mass is 10.1. The fraction of sp³-hybridized carbons (Fsp3) is 0.250. The van der Waals surface area contributed by atoms with Crippen LogP contribution in [-0.4, -0.2) is 28.3 Å². The number of thioether (sulfide) groups is 2. The zero-order chi connectivity index (χ0) is 18.4. The summed E-state index contributed by atoms with van der Waals surface area (Å²) in [5.41, 5.74) is 3.68. The number of aryl methyl sites for hydroxylation is 1. The summed E-state index contributed by atoms with van der Waals surface area (Å²) in [5.74, 6) is 1.51. The monoisotopic (exact) mass is 382 g/mol. The maximum absolute atomic E-state index is 4.66. The van der Waals surface area contributed by atoms with Gasteiger partial charge in [0.2, 0.25) is 5.95 Å². The number of hydrogen-bond donors (Lipinski definition) is 0. The summed E-state index contributed by atoms with van der Waals surface area (Å²) in [6.45, 7) is 2.17. The lowest BCUT2D eigenvalue weighted by Crippen LogP contribution is -2.14. The van der Waals surface area contributed by atoms with Crippen molar-refractivity contribution in [1.82, 2.24) is 15.0 Å². The van der Waals surface area contributed by atoms with Crippen molar-refractivity contribution in [3.8, 4) is 0 Å². The van der Waals surface area contributed by atoms with E-state index in [1.165, 1.54) is 22.9 Å². The number of rotatable bonds is 7. The second kappa shape index (κ2) is 9.05. The van der Waals surface area contributed by atoms with Gasteiger partial charge in [-0.1, -0.05) is 72.9 Å². The number of hydrogen-bond acceptors (Lipinski definition) is 6. The van der Waals surface area contributed by atoms with Crippen molar-refractivity contribution in [2.45, 2.75) is 29.4 Å². The van der Waals surface area contributed by atoms with Crippen LogP contribution in [0.4, 0.5) is 11.6 Å². The highest BCUT2D eigenvalue weighted by molar-refractivity contribution is 7.99. The van der Waals surface area contributed by atoms with Crippen molar-refractivity contribution in [1.29, 1.82) is 0 Å². The molecular weight excluding hydrogens is 360 g/mol. The van der Waals surface area contributed by atoms with E-state index in [-0.39, 0.29) is 0 Å². The maximum Gasteiger partial charge on any atom is 0.234 e. The largest absolute Gasteiger partial charge is 0.313 e. The molecule has 0 aliphatic carbocycles. The Morgan fingerprint density at radius 1 is 0.846 bits per heavy atom. The molecule has 0 saturated carbocycles. The van der Waals surface area contributed by atoms with Crippen LogP contribution in [0.1, 0.15) is 18.1 Å². The van der Waals surface area contributed by atoms with Gasteiger partial charge in [-0.2, -0.15) is 15.0 Å². The quantitative estimate of drug-likeness (QED) is 0.522. The summed E-state index contributed by atoms with van der Waals surface area (Å²) in [6, 6.07) is 18.9. The topological polar surface area (TPSA) is 41.9 Å². The molecule has 3 rings (SSSR count). The van der Waals surface area contributed by atoms with E-state index >= 15 is 0 Å². The van der Waals surface area contributed by atoms with E-state index in [1.54, 1.807) is 11.8 Å². The second-order valence-corrected chi connectivity index (χ2v) is 7.47. The number of anilines is 2. The van der Waals surface area contributed by atoms with Crippen LogP contribution in [0, 0.1) is 0 Å². The predicted molar refractivity (Wildman–Crippen MR) is 111 cm³/mol. The van der Waals surface area contributed by atoms with Gasteiger partial charge in [0.15, 0.2) is 10.3 Å². The molecule has 0 bridgehead atoms. The average Bonchev–Trinajstić information content (AvgIpc) is 2.72. The molecule has 0 atom stereocenters. The molecule has 0 N–H and O–H groups in total. The molecule has 0 spiro atoms. The number of nitrogens with zero attached hydrogens (tertiary/aromatic N) is 4. The Hall–Kier alpha value is -2.05. The molecule has 1 aromatic heterocycles. The van der Waals surface area contributed by atoms with Crippen molar-refractivity contribution >= 4 is 35.2 Å². The first-order valence-corrected chi connectivity index (χ1v) is 10.7. The van der Waals surface area contributed by atoms with E-state index in [0.717, 1.165) is 28.2 Å². The fourth-order valence-corrected chi connectivity index (χ4v) is 3.61. The van der Waals surface area contributed by atoms with Gasteiger partial charge in [0.1, 0.15) is 0 Å². The van der Waals surface area contributed by atoms with E-state index in [9.17, 15) is 0 Å². The predicted octanol–water partition coefficient (Wildman–Crippen LogP) is 5.22. The molecule has 2 aromatic carbocycles. The molecule has 0 aliphatic rings. The van der Waals surface area contributed by atoms with Crippen molar-refractivity contribution in [3.05, 3.63) is 65.7 Å². The summed E-state index contributed by atoms with van der Waals surface area (Å²) in [7, 11) is 1.98. The molecule has 6 heteroatoms. The molecule has 0 amide bonds. The number of para-hydroxylation sites is 1. The van der Waals surface area contributed by atoms with Gasteiger partial charge in [0, 0.05) is 18.5 Å². The van der Waals surface area contributed by atoms with Crippen molar-refractivity contribution in [2.75, 3.05) is 18.2 Å². The molecule has 134 valence electrons.